The van der Waals surface area contributed by atoms with Gasteiger partial charge in [0, 0.05) is 39.0 Å². The van der Waals surface area contributed by atoms with Crippen molar-refractivity contribution in [2.24, 2.45) is 0 Å². The highest BCUT2D eigenvalue weighted by Gasteiger charge is 2.06. The van der Waals surface area contributed by atoms with Crippen molar-refractivity contribution < 1.29 is 4.74 Å². The number of rotatable bonds is 8. The van der Waals surface area contributed by atoms with Crippen molar-refractivity contribution in [1.29, 1.82) is 0 Å². The number of nitrogens with one attached hydrogen (secondary N) is 1. The maximum Gasteiger partial charge on any atom is 0.128 e. The number of hydrogen-bond donors (Lipinski definition) is 1. The van der Waals surface area contributed by atoms with Crippen LogP contribution in [0.1, 0.15) is 26.3 Å². The average molecular weight is 251 g/mol. The molecule has 1 heterocycles. The summed E-state index contributed by atoms with van der Waals surface area (Å²) in [5.74, 6) is 1.03. The molecule has 4 heteroatoms. The van der Waals surface area contributed by atoms with Crippen molar-refractivity contribution in [1.82, 2.24) is 10.3 Å². The van der Waals surface area contributed by atoms with Gasteiger partial charge in [0.05, 0.1) is 6.61 Å². The Hall–Kier alpha value is -1.13. The first-order chi connectivity index (χ1) is 8.67. The molecule has 0 fully saturated rings. The van der Waals surface area contributed by atoms with Crippen LogP contribution in [0, 0.1) is 0 Å². The van der Waals surface area contributed by atoms with Gasteiger partial charge in [0.1, 0.15) is 5.82 Å². The fraction of sp³-hybridized carbons (Fsp3) is 0.643. The molecule has 1 rings (SSSR count). The Morgan fingerprint density at radius 2 is 2.22 bits per heavy atom. The topological polar surface area (TPSA) is 37.4 Å². The van der Waals surface area contributed by atoms with E-state index in [-0.39, 0.29) is 0 Å². The first-order valence-corrected chi connectivity index (χ1v) is 6.59. The number of ether oxygens (including phenoxy) is 1. The molecule has 0 bridgehead atoms. The molecule has 0 aromatic carbocycles. The summed E-state index contributed by atoms with van der Waals surface area (Å²) in [6, 6.07) is 4.70. The number of likely N-dealkylation sites (N-methyl/N-ethyl adjacent to an activating group) is 1. The number of methoxy groups -OCH3 is 1. The highest BCUT2D eigenvalue weighted by Crippen LogP contribution is 2.12. The zero-order chi connectivity index (χ0) is 13.4. The van der Waals surface area contributed by atoms with Gasteiger partial charge in [-0.15, -0.1) is 0 Å². The van der Waals surface area contributed by atoms with Crippen molar-refractivity contribution in [2.75, 3.05) is 31.7 Å². The van der Waals surface area contributed by atoms with Gasteiger partial charge in [0.2, 0.25) is 0 Å². The lowest BCUT2D eigenvalue weighted by Crippen LogP contribution is -2.28. The normalized spacial score (nSPS) is 10.9. The Morgan fingerprint density at radius 3 is 2.83 bits per heavy atom. The van der Waals surface area contributed by atoms with Crippen LogP contribution in [0.3, 0.4) is 0 Å². The standard InChI is InChI=1S/C14H25N3O/c1-5-17(8-9-18-4)14-10-13(6-7-15-14)11-16-12(2)3/h6-7,10,12,16H,5,8-9,11H2,1-4H3. The maximum absolute atomic E-state index is 5.12. The molecule has 1 N–H and O–H groups in total. The van der Waals surface area contributed by atoms with Gasteiger partial charge in [-0.2, -0.15) is 0 Å². The maximum atomic E-state index is 5.12. The molecule has 4 nitrogen and oxygen atoms in total. The quantitative estimate of drug-likeness (QED) is 0.767. The number of pyridine rings is 1. The van der Waals surface area contributed by atoms with E-state index in [4.69, 9.17) is 4.74 Å². The average Bonchev–Trinajstić information content (AvgIpc) is 2.38. The van der Waals surface area contributed by atoms with Crippen LogP contribution in [0.25, 0.3) is 0 Å². The minimum Gasteiger partial charge on any atom is -0.383 e. The molecule has 0 amide bonds. The fourth-order valence-electron chi connectivity index (χ4n) is 1.70. The minimum absolute atomic E-state index is 0.498. The predicted octanol–water partition coefficient (Wildman–Crippen LogP) is 2.05. The van der Waals surface area contributed by atoms with Crippen LogP contribution >= 0.6 is 0 Å². The summed E-state index contributed by atoms with van der Waals surface area (Å²) >= 11 is 0. The largest absolute Gasteiger partial charge is 0.383 e. The third-order valence-electron chi connectivity index (χ3n) is 2.80. The van der Waals surface area contributed by atoms with Crippen molar-refractivity contribution in [3.8, 4) is 0 Å². The highest BCUT2D eigenvalue weighted by atomic mass is 16.5. The summed E-state index contributed by atoms with van der Waals surface area (Å²) in [5, 5.41) is 3.42. The summed E-state index contributed by atoms with van der Waals surface area (Å²) in [6.07, 6.45) is 1.88. The van der Waals surface area contributed by atoms with Gasteiger partial charge in [-0.05, 0) is 24.6 Å². The zero-order valence-corrected chi connectivity index (χ0v) is 11.9. The van der Waals surface area contributed by atoms with E-state index in [0.29, 0.717) is 6.04 Å². The Balaban J connectivity index is 2.66. The molecule has 0 aliphatic rings. The Kier molecular flexibility index (Phi) is 6.68. The molecule has 0 unspecified atom stereocenters. The van der Waals surface area contributed by atoms with Crippen LogP contribution in [0.15, 0.2) is 18.3 Å². The lowest BCUT2D eigenvalue weighted by atomic mass is 10.2. The van der Waals surface area contributed by atoms with Crippen molar-refractivity contribution in [3.05, 3.63) is 23.9 Å². The second-order valence-electron chi connectivity index (χ2n) is 4.63. The van der Waals surface area contributed by atoms with Gasteiger partial charge in [-0.3, -0.25) is 0 Å². The molecule has 0 aliphatic heterocycles. The SMILES string of the molecule is CCN(CCOC)c1cc(CNC(C)C)ccn1. The fourth-order valence-corrected chi connectivity index (χ4v) is 1.70. The number of nitrogens with zero attached hydrogens (tertiary/aromatic N) is 2. The van der Waals surface area contributed by atoms with E-state index >= 15 is 0 Å². The van der Waals surface area contributed by atoms with Crippen LogP contribution < -0.4 is 10.2 Å². The smallest absolute Gasteiger partial charge is 0.128 e. The third kappa shape index (κ3) is 5.02. The molecule has 1 aromatic rings. The minimum atomic E-state index is 0.498. The molecular formula is C14H25N3O. The van der Waals surface area contributed by atoms with Gasteiger partial charge in [0.25, 0.3) is 0 Å². The van der Waals surface area contributed by atoms with Crippen LogP contribution in [0.2, 0.25) is 0 Å². The van der Waals surface area contributed by atoms with E-state index < -0.39 is 0 Å². The molecule has 0 saturated heterocycles. The van der Waals surface area contributed by atoms with Crippen LogP contribution in [-0.4, -0.2) is 37.8 Å². The molecule has 0 radical (unpaired) electrons. The second kappa shape index (κ2) is 8.06. The molecule has 102 valence electrons. The second-order valence-corrected chi connectivity index (χ2v) is 4.63. The first-order valence-electron chi connectivity index (χ1n) is 6.59. The Morgan fingerprint density at radius 1 is 1.44 bits per heavy atom. The summed E-state index contributed by atoms with van der Waals surface area (Å²) in [6.45, 7) is 9.87. The monoisotopic (exact) mass is 251 g/mol. The lowest BCUT2D eigenvalue weighted by molar-refractivity contribution is 0.205. The molecule has 0 aliphatic carbocycles. The van der Waals surface area contributed by atoms with Gasteiger partial charge >= 0.3 is 0 Å². The van der Waals surface area contributed by atoms with Gasteiger partial charge in [0.15, 0.2) is 0 Å². The van der Waals surface area contributed by atoms with Crippen LogP contribution in [0.5, 0.6) is 0 Å². The third-order valence-corrected chi connectivity index (χ3v) is 2.80. The summed E-state index contributed by atoms with van der Waals surface area (Å²) in [4.78, 5) is 6.66. The number of hydrogen-bond acceptors (Lipinski definition) is 4. The van der Waals surface area contributed by atoms with E-state index in [1.54, 1.807) is 7.11 Å². The van der Waals surface area contributed by atoms with Gasteiger partial charge in [-0.1, -0.05) is 13.8 Å². The van der Waals surface area contributed by atoms with E-state index in [1.807, 2.05) is 6.20 Å². The molecule has 1 aromatic heterocycles. The zero-order valence-electron chi connectivity index (χ0n) is 11.9. The van der Waals surface area contributed by atoms with E-state index in [9.17, 15) is 0 Å². The van der Waals surface area contributed by atoms with Crippen molar-refractivity contribution in [3.63, 3.8) is 0 Å². The van der Waals surface area contributed by atoms with Crippen molar-refractivity contribution >= 4 is 5.82 Å². The first kappa shape index (κ1) is 14.9. The van der Waals surface area contributed by atoms with E-state index in [1.165, 1.54) is 5.56 Å². The van der Waals surface area contributed by atoms with Gasteiger partial charge in [-0.25, -0.2) is 4.98 Å². The van der Waals surface area contributed by atoms with Gasteiger partial charge < -0.3 is 15.0 Å². The van der Waals surface area contributed by atoms with E-state index in [2.05, 4.69) is 48.1 Å². The summed E-state index contributed by atoms with van der Waals surface area (Å²) < 4.78 is 5.12. The van der Waals surface area contributed by atoms with Crippen molar-refractivity contribution in [2.45, 2.75) is 33.4 Å². The molecule has 0 saturated carbocycles. The van der Waals surface area contributed by atoms with Crippen LogP contribution in [-0.2, 0) is 11.3 Å². The number of aromatic nitrogens is 1. The van der Waals surface area contributed by atoms with Crippen LogP contribution in [0.4, 0.5) is 5.82 Å². The summed E-state index contributed by atoms with van der Waals surface area (Å²) in [5.41, 5.74) is 1.27. The molecule has 0 spiro atoms. The molecular weight excluding hydrogens is 226 g/mol. The predicted molar refractivity (Wildman–Crippen MR) is 76.0 cm³/mol. The Labute approximate surface area is 110 Å². The summed E-state index contributed by atoms with van der Waals surface area (Å²) in [7, 11) is 1.73. The molecule has 0 atom stereocenters. The molecule has 18 heavy (non-hydrogen) atoms. The Bertz CT molecular complexity index is 342. The number of anilines is 1. The van der Waals surface area contributed by atoms with E-state index in [0.717, 1.165) is 32.1 Å². The lowest BCUT2D eigenvalue weighted by Gasteiger charge is -2.22. The highest BCUT2D eigenvalue weighted by molar-refractivity contribution is 5.40.